The summed E-state index contributed by atoms with van der Waals surface area (Å²) in [6.07, 6.45) is 7.44. The molecule has 0 radical (unpaired) electrons. The van der Waals surface area contributed by atoms with Crippen molar-refractivity contribution in [3.05, 3.63) is 0 Å². The lowest BCUT2D eigenvalue weighted by Gasteiger charge is -2.28. The number of nitrogens with two attached hydrogens (primary N) is 1. The molecule has 4 nitrogen and oxygen atoms in total. The van der Waals surface area contributed by atoms with Crippen molar-refractivity contribution < 1.29 is 9.63 Å². The number of nitrogens with one attached hydrogen (secondary N) is 1. The highest BCUT2D eigenvalue weighted by molar-refractivity contribution is 5.74. The van der Waals surface area contributed by atoms with Crippen molar-refractivity contribution in [2.24, 2.45) is 11.7 Å². The van der Waals surface area contributed by atoms with Gasteiger partial charge in [0, 0.05) is 6.04 Å². The molecule has 1 rings (SSSR count). The summed E-state index contributed by atoms with van der Waals surface area (Å²) < 4.78 is 0. The summed E-state index contributed by atoms with van der Waals surface area (Å²) in [5.74, 6) is 0.464. The molecule has 0 aliphatic heterocycles. The summed E-state index contributed by atoms with van der Waals surface area (Å²) in [5, 5.41) is 0. The number of rotatable bonds is 6. The van der Waals surface area contributed by atoms with Crippen LogP contribution in [0.4, 0.5) is 0 Å². The third-order valence-corrected chi connectivity index (χ3v) is 3.01. The fourth-order valence-corrected chi connectivity index (χ4v) is 2.21. The van der Waals surface area contributed by atoms with Gasteiger partial charge >= 0.3 is 0 Å². The van der Waals surface area contributed by atoms with Crippen molar-refractivity contribution in [2.75, 3.05) is 6.61 Å². The van der Waals surface area contributed by atoms with Crippen molar-refractivity contribution in [1.29, 1.82) is 0 Å². The third kappa shape index (κ3) is 5.14. The van der Waals surface area contributed by atoms with E-state index in [9.17, 15) is 4.79 Å². The van der Waals surface area contributed by atoms with Crippen molar-refractivity contribution in [3.63, 3.8) is 0 Å². The largest absolute Gasteiger partial charge is 0.368 e. The number of hydrogen-bond acceptors (Lipinski definition) is 3. The Morgan fingerprint density at radius 2 is 2.07 bits per heavy atom. The highest BCUT2D eigenvalue weighted by Gasteiger charge is 2.20. The second-order valence-corrected chi connectivity index (χ2v) is 4.38. The van der Waals surface area contributed by atoms with Gasteiger partial charge in [-0.15, -0.1) is 0 Å². The summed E-state index contributed by atoms with van der Waals surface area (Å²) in [5.41, 5.74) is 7.88. The summed E-state index contributed by atoms with van der Waals surface area (Å²) in [4.78, 5) is 15.4. The van der Waals surface area contributed by atoms with E-state index in [0.29, 0.717) is 6.04 Å². The smallest absolute Gasteiger partial charge is 0.245 e. The number of carbonyl (C=O) groups is 1. The van der Waals surface area contributed by atoms with E-state index in [0.717, 1.165) is 18.8 Å². The van der Waals surface area contributed by atoms with Gasteiger partial charge in [0.1, 0.15) is 6.61 Å². The Morgan fingerprint density at radius 1 is 1.40 bits per heavy atom. The highest BCUT2D eigenvalue weighted by atomic mass is 16.6. The van der Waals surface area contributed by atoms with Crippen LogP contribution in [0.15, 0.2) is 0 Å². The van der Waals surface area contributed by atoms with E-state index in [1.54, 1.807) is 0 Å². The predicted octanol–water partition coefficient (Wildman–Crippen LogP) is 1.35. The van der Waals surface area contributed by atoms with Gasteiger partial charge in [-0.2, -0.15) is 5.48 Å². The molecule has 0 heterocycles. The van der Waals surface area contributed by atoms with Gasteiger partial charge in [0.15, 0.2) is 0 Å². The summed E-state index contributed by atoms with van der Waals surface area (Å²) in [7, 11) is 0. The maximum atomic E-state index is 10.4. The molecule has 1 aliphatic rings. The second-order valence-electron chi connectivity index (χ2n) is 4.38. The van der Waals surface area contributed by atoms with Gasteiger partial charge in [-0.1, -0.05) is 19.8 Å². The molecule has 15 heavy (non-hydrogen) atoms. The average molecular weight is 214 g/mol. The van der Waals surface area contributed by atoms with Crippen LogP contribution in [0.3, 0.4) is 0 Å². The molecule has 0 unspecified atom stereocenters. The molecule has 0 spiro atoms. The van der Waals surface area contributed by atoms with Gasteiger partial charge in [0.25, 0.3) is 0 Å². The molecule has 0 aromatic rings. The van der Waals surface area contributed by atoms with Crippen LogP contribution in [0.2, 0.25) is 0 Å². The first-order valence-corrected chi connectivity index (χ1v) is 5.88. The molecule has 88 valence electrons. The Labute approximate surface area is 91.5 Å². The molecule has 1 amide bonds. The maximum Gasteiger partial charge on any atom is 0.245 e. The van der Waals surface area contributed by atoms with Gasteiger partial charge in [-0.3, -0.25) is 9.63 Å². The number of hydroxylamine groups is 1. The predicted molar refractivity (Wildman–Crippen MR) is 58.9 cm³/mol. The zero-order valence-electron chi connectivity index (χ0n) is 9.50. The topological polar surface area (TPSA) is 64.3 Å². The first-order valence-electron chi connectivity index (χ1n) is 5.88. The molecule has 3 N–H and O–H groups in total. The average Bonchev–Trinajstić information content (AvgIpc) is 2.20. The van der Waals surface area contributed by atoms with Crippen LogP contribution in [0.1, 0.15) is 45.4 Å². The van der Waals surface area contributed by atoms with Crippen molar-refractivity contribution >= 4 is 5.91 Å². The Kier molecular flexibility index (Phi) is 5.65. The van der Waals surface area contributed by atoms with E-state index in [1.807, 2.05) is 0 Å². The van der Waals surface area contributed by atoms with Gasteiger partial charge in [0.05, 0.1) is 0 Å². The lowest BCUT2D eigenvalue weighted by Crippen LogP contribution is -2.35. The Bertz CT molecular complexity index is 189. The Hall–Kier alpha value is -0.610. The first kappa shape index (κ1) is 12.5. The Morgan fingerprint density at radius 3 is 2.60 bits per heavy atom. The molecule has 0 bridgehead atoms. The van der Waals surface area contributed by atoms with E-state index in [2.05, 4.69) is 12.4 Å². The standard InChI is InChI=1S/C11H22N2O2/c1-2-3-9-4-6-10(7-5-9)13-15-8-11(12)14/h9-10,13H,2-8H2,1H3,(H2,12,14). The van der Waals surface area contributed by atoms with Crippen LogP contribution in [-0.2, 0) is 9.63 Å². The molecule has 0 aromatic carbocycles. The van der Waals surface area contributed by atoms with Gasteiger partial charge in [0.2, 0.25) is 5.91 Å². The number of hydrogen-bond donors (Lipinski definition) is 2. The van der Waals surface area contributed by atoms with E-state index in [1.165, 1.54) is 25.7 Å². The van der Waals surface area contributed by atoms with Gasteiger partial charge < -0.3 is 5.73 Å². The SMILES string of the molecule is CCCC1CCC(NOCC(N)=O)CC1. The molecule has 1 aliphatic carbocycles. The van der Waals surface area contributed by atoms with E-state index >= 15 is 0 Å². The molecule has 4 heteroatoms. The van der Waals surface area contributed by atoms with Crippen LogP contribution in [0, 0.1) is 5.92 Å². The van der Waals surface area contributed by atoms with Crippen molar-refractivity contribution in [3.8, 4) is 0 Å². The van der Waals surface area contributed by atoms with Crippen molar-refractivity contribution in [2.45, 2.75) is 51.5 Å². The summed E-state index contributed by atoms with van der Waals surface area (Å²) in [6.45, 7) is 2.20. The molecule has 1 fully saturated rings. The van der Waals surface area contributed by atoms with Crippen LogP contribution in [-0.4, -0.2) is 18.6 Å². The zero-order valence-corrected chi connectivity index (χ0v) is 9.50. The number of amides is 1. The van der Waals surface area contributed by atoms with E-state index < -0.39 is 5.91 Å². The fourth-order valence-electron chi connectivity index (χ4n) is 2.21. The van der Waals surface area contributed by atoms with Crippen LogP contribution >= 0.6 is 0 Å². The summed E-state index contributed by atoms with van der Waals surface area (Å²) in [6, 6.07) is 0.400. The summed E-state index contributed by atoms with van der Waals surface area (Å²) >= 11 is 0. The minimum atomic E-state index is -0.429. The Balaban J connectivity index is 2.06. The number of primary amides is 1. The quantitative estimate of drug-likeness (QED) is 0.656. The zero-order chi connectivity index (χ0) is 11.1. The minimum absolute atomic E-state index is 0.0328. The molecule has 1 saturated carbocycles. The van der Waals surface area contributed by atoms with Gasteiger partial charge in [-0.05, 0) is 31.6 Å². The number of carbonyl (C=O) groups excluding carboxylic acids is 1. The fraction of sp³-hybridized carbons (Fsp3) is 0.909. The normalized spacial score (nSPS) is 26.5. The van der Waals surface area contributed by atoms with Crippen molar-refractivity contribution in [1.82, 2.24) is 5.48 Å². The van der Waals surface area contributed by atoms with Gasteiger partial charge in [-0.25, -0.2) is 0 Å². The van der Waals surface area contributed by atoms with Crippen LogP contribution in [0.25, 0.3) is 0 Å². The monoisotopic (exact) mass is 214 g/mol. The molecular formula is C11H22N2O2. The highest BCUT2D eigenvalue weighted by Crippen LogP contribution is 2.27. The van der Waals surface area contributed by atoms with Crippen LogP contribution in [0.5, 0.6) is 0 Å². The molecule has 0 atom stereocenters. The molecule has 0 saturated heterocycles. The first-order chi connectivity index (χ1) is 7.22. The lowest BCUT2D eigenvalue weighted by molar-refractivity contribution is -0.126. The molecule has 0 aromatic heterocycles. The van der Waals surface area contributed by atoms with E-state index in [-0.39, 0.29) is 6.61 Å². The lowest BCUT2D eigenvalue weighted by atomic mass is 9.84. The maximum absolute atomic E-state index is 10.4. The third-order valence-electron chi connectivity index (χ3n) is 3.01. The minimum Gasteiger partial charge on any atom is -0.368 e. The van der Waals surface area contributed by atoms with Crippen LogP contribution < -0.4 is 11.2 Å². The second kappa shape index (κ2) is 6.80. The van der Waals surface area contributed by atoms with E-state index in [4.69, 9.17) is 10.6 Å². The molecular weight excluding hydrogens is 192 g/mol.